The molecule has 0 spiro atoms. The molecule has 0 saturated heterocycles. The topological polar surface area (TPSA) is 55.5 Å². The van der Waals surface area contributed by atoms with E-state index in [0.29, 0.717) is 5.92 Å². The van der Waals surface area contributed by atoms with Crippen molar-refractivity contribution in [3.8, 4) is 5.75 Å². The maximum absolute atomic E-state index is 10.1. The number of halogens is 1. The zero-order valence-corrected chi connectivity index (χ0v) is 12.4. The number of benzene rings is 1. The maximum atomic E-state index is 10.1. The highest BCUT2D eigenvalue weighted by atomic mass is 35.5. The van der Waals surface area contributed by atoms with E-state index in [1.807, 2.05) is 38.1 Å². The fourth-order valence-corrected chi connectivity index (χ4v) is 2.31. The van der Waals surface area contributed by atoms with E-state index in [9.17, 15) is 5.11 Å². The summed E-state index contributed by atoms with van der Waals surface area (Å²) in [6.45, 7) is 4.00. The fraction of sp³-hybridized carbons (Fsp3) is 0.600. The Morgan fingerprint density at radius 2 is 1.79 bits per heavy atom. The van der Waals surface area contributed by atoms with E-state index in [1.54, 1.807) is 0 Å². The second kappa shape index (κ2) is 7.13. The molecule has 0 bridgehead atoms. The Morgan fingerprint density at radius 3 is 2.21 bits per heavy atom. The van der Waals surface area contributed by atoms with Crippen molar-refractivity contribution in [3.05, 3.63) is 29.8 Å². The zero-order valence-electron chi connectivity index (χ0n) is 11.6. The first-order chi connectivity index (χ1) is 8.58. The van der Waals surface area contributed by atoms with E-state index in [2.05, 4.69) is 0 Å². The van der Waals surface area contributed by atoms with Crippen molar-refractivity contribution in [1.29, 1.82) is 0 Å². The summed E-state index contributed by atoms with van der Waals surface area (Å²) in [4.78, 5) is 0. The lowest BCUT2D eigenvalue weighted by atomic mass is 9.77. The van der Waals surface area contributed by atoms with Crippen LogP contribution in [0.3, 0.4) is 0 Å². The molecule has 3 nitrogen and oxygen atoms in total. The minimum absolute atomic E-state index is 0. The van der Waals surface area contributed by atoms with E-state index in [1.165, 1.54) is 6.42 Å². The van der Waals surface area contributed by atoms with E-state index >= 15 is 0 Å². The summed E-state index contributed by atoms with van der Waals surface area (Å²) in [6.07, 6.45) is 3.17. The third kappa shape index (κ3) is 4.10. The molecule has 1 aromatic carbocycles. The van der Waals surface area contributed by atoms with Crippen LogP contribution in [0.2, 0.25) is 0 Å². The van der Waals surface area contributed by atoms with Crippen LogP contribution in [0.1, 0.15) is 44.7 Å². The Balaban J connectivity index is 0.00000180. The molecule has 1 aromatic rings. The summed E-state index contributed by atoms with van der Waals surface area (Å²) < 4.78 is 5.59. The molecule has 0 aliphatic heterocycles. The van der Waals surface area contributed by atoms with Gasteiger partial charge in [-0.1, -0.05) is 18.6 Å². The van der Waals surface area contributed by atoms with Crippen LogP contribution < -0.4 is 10.5 Å². The molecule has 1 fully saturated rings. The van der Waals surface area contributed by atoms with Crippen LogP contribution in [-0.2, 0) is 0 Å². The minimum atomic E-state index is -0.421. The lowest BCUT2D eigenvalue weighted by Crippen LogP contribution is -2.36. The van der Waals surface area contributed by atoms with Crippen molar-refractivity contribution in [2.75, 3.05) is 0 Å². The van der Waals surface area contributed by atoms with Gasteiger partial charge in [0.25, 0.3) is 0 Å². The summed E-state index contributed by atoms with van der Waals surface area (Å²) in [5.74, 6) is 1.23. The molecule has 0 radical (unpaired) electrons. The highest BCUT2D eigenvalue weighted by Gasteiger charge is 2.30. The van der Waals surface area contributed by atoms with Gasteiger partial charge in [-0.3, -0.25) is 0 Å². The summed E-state index contributed by atoms with van der Waals surface area (Å²) in [7, 11) is 0. The summed E-state index contributed by atoms with van der Waals surface area (Å²) in [5.41, 5.74) is 7.09. The van der Waals surface area contributed by atoms with Gasteiger partial charge in [-0.15, -0.1) is 12.4 Å². The molecule has 19 heavy (non-hydrogen) atoms. The molecule has 2 atom stereocenters. The van der Waals surface area contributed by atoms with Crippen LogP contribution in [0.4, 0.5) is 0 Å². The average Bonchev–Trinajstić information content (AvgIpc) is 2.26. The molecule has 0 aromatic heterocycles. The van der Waals surface area contributed by atoms with E-state index in [-0.39, 0.29) is 24.6 Å². The first-order valence-electron chi connectivity index (χ1n) is 6.78. The van der Waals surface area contributed by atoms with Crippen molar-refractivity contribution in [2.45, 2.75) is 51.4 Å². The molecule has 0 amide bonds. The van der Waals surface area contributed by atoms with Gasteiger partial charge >= 0.3 is 0 Å². The fourth-order valence-electron chi connectivity index (χ4n) is 2.31. The number of aliphatic hydroxyl groups excluding tert-OH is 1. The quantitative estimate of drug-likeness (QED) is 0.874. The van der Waals surface area contributed by atoms with Crippen molar-refractivity contribution in [1.82, 2.24) is 0 Å². The van der Waals surface area contributed by atoms with Crippen LogP contribution in [0, 0.1) is 5.92 Å². The Hall–Kier alpha value is -0.770. The summed E-state index contributed by atoms with van der Waals surface area (Å²) in [5, 5.41) is 10.1. The SMILES string of the molecule is CC(C)Oc1ccc([C@@H](N)[C@@H](O)C2CCC2)cc1.Cl. The molecule has 1 aliphatic carbocycles. The first-order valence-corrected chi connectivity index (χ1v) is 6.78. The lowest BCUT2D eigenvalue weighted by molar-refractivity contribution is 0.0413. The highest BCUT2D eigenvalue weighted by molar-refractivity contribution is 5.85. The van der Waals surface area contributed by atoms with Gasteiger partial charge in [0.05, 0.1) is 18.2 Å². The molecular formula is C15H24ClNO2. The van der Waals surface area contributed by atoms with Crippen molar-refractivity contribution < 1.29 is 9.84 Å². The van der Waals surface area contributed by atoms with Crippen LogP contribution in [-0.4, -0.2) is 17.3 Å². The molecular weight excluding hydrogens is 262 g/mol. The summed E-state index contributed by atoms with van der Waals surface area (Å²) >= 11 is 0. The molecule has 2 rings (SSSR count). The zero-order chi connectivity index (χ0) is 13.1. The van der Waals surface area contributed by atoms with Crippen LogP contribution in [0.15, 0.2) is 24.3 Å². The number of nitrogens with two attached hydrogens (primary N) is 1. The van der Waals surface area contributed by atoms with Gasteiger partial charge in [-0.05, 0) is 50.3 Å². The summed E-state index contributed by atoms with van der Waals surface area (Å²) in [6, 6.07) is 7.45. The van der Waals surface area contributed by atoms with Gasteiger partial charge in [0.15, 0.2) is 0 Å². The molecule has 0 heterocycles. The van der Waals surface area contributed by atoms with E-state index in [4.69, 9.17) is 10.5 Å². The van der Waals surface area contributed by atoms with Gasteiger partial charge < -0.3 is 15.6 Å². The van der Waals surface area contributed by atoms with E-state index < -0.39 is 6.10 Å². The Labute approximate surface area is 121 Å². The monoisotopic (exact) mass is 285 g/mol. The Bertz CT molecular complexity index is 376. The largest absolute Gasteiger partial charge is 0.491 e. The van der Waals surface area contributed by atoms with Crippen molar-refractivity contribution in [2.24, 2.45) is 11.7 Å². The molecule has 4 heteroatoms. The maximum Gasteiger partial charge on any atom is 0.119 e. The first kappa shape index (κ1) is 16.3. The van der Waals surface area contributed by atoms with Gasteiger partial charge in [0.1, 0.15) is 5.75 Å². The Morgan fingerprint density at radius 1 is 1.21 bits per heavy atom. The van der Waals surface area contributed by atoms with Crippen LogP contribution in [0.5, 0.6) is 5.75 Å². The smallest absolute Gasteiger partial charge is 0.119 e. The van der Waals surface area contributed by atoms with Crippen LogP contribution in [0.25, 0.3) is 0 Å². The Kier molecular flexibility index (Phi) is 6.11. The molecule has 0 unspecified atom stereocenters. The standard InChI is InChI=1S/C15H23NO2.ClH/c1-10(2)18-13-8-6-11(7-9-13)14(16)15(17)12-4-3-5-12;/h6-10,12,14-15,17H,3-5,16H2,1-2H3;1H/t14-,15+;/m1./s1. The lowest BCUT2D eigenvalue weighted by Gasteiger charge is -2.33. The van der Waals surface area contributed by atoms with E-state index in [0.717, 1.165) is 24.2 Å². The average molecular weight is 286 g/mol. The number of aliphatic hydroxyl groups is 1. The predicted octanol–water partition coefficient (Wildman–Crippen LogP) is 3.06. The minimum Gasteiger partial charge on any atom is -0.491 e. The van der Waals surface area contributed by atoms with Crippen LogP contribution >= 0.6 is 12.4 Å². The van der Waals surface area contributed by atoms with Gasteiger partial charge in [-0.2, -0.15) is 0 Å². The second-order valence-electron chi connectivity index (χ2n) is 5.44. The highest BCUT2D eigenvalue weighted by Crippen LogP contribution is 2.34. The van der Waals surface area contributed by atoms with Gasteiger partial charge in [0.2, 0.25) is 0 Å². The number of rotatable bonds is 5. The van der Waals surface area contributed by atoms with Gasteiger partial charge in [0, 0.05) is 0 Å². The number of hydrogen-bond donors (Lipinski definition) is 2. The van der Waals surface area contributed by atoms with Crippen molar-refractivity contribution >= 4 is 12.4 Å². The molecule has 1 aliphatic rings. The normalized spacial score (nSPS) is 18.4. The van der Waals surface area contributed by atoms with Crippen molar-refractivity contribution in [3.63, 3.8) is 0 Å². The van der Waals surface area contributed by atoms with Gasteiger partial charge in [-0.25, -0.2) is 0 Å². The predicted molar refractivity (Wildman–Crippen MR) is 79.7 cm³/mol. The second-order valence-corrected chi connectivity index (χ2v) is 5.44. The number of ether oxygens (including phenoxy) is 1. The number of hydrogen-bond acceptors (Lipinski definition) is 3. The third-order valence-corrected chi connectivity index (χ3v) is 3.64. The molecule has 3 N–H and O–H groups in total. The molecule has 1 saturated carbocycles. The molecule has 108 valence electrons. The third-order valence-electron chi connectivity index (χ3n) is 3.64.